The van der Waals surface area contributed by atoms with Crippen LogP contribution >= 0.6 is 0 Å². The Balaban J connectivity index is 2.08. The van der Waals surface area contributed by atoms with Crippen molar-refractivity contribution in [1.29, 1.82) is 5.26 Å². The van der Waals surface area contributed by atoms with E-state index >= 15 is 0 Å². The number of carbonyl (C=O) groups is 1. The molecule has 0 fully saturated rings. The standard InChI is InChI=1S/C15H9FN4O3/c16-14-7-10(8-17)4-5-13(14)15(21)19-18-9-11-2-1-3-12(6-11)20(22)23/h1-7,9H,(H,19,21). The first kappa shape index (κ1) is 15.8. The lowest BCUT2D eigenvalue weighted by molar-refractivity contribution is -0.384. The second-order valence-corrected chi connectivity index (χ2v) is 4.36. The summed E-state index contributed by atoms with van der Waals surface area (Å²) in [5.74, 6) is -1.64. The first-order valence-electron chi connectivity index (χ1n) is 6.29. The number of hydrazone groups is 1. The van der Waals surface area contributed by atoms with Crippen molar-refractivity contribution in [3.05, 3.63) is 75.1 Å². The van der Waals surface area contributed by atoms with Gasteiger partial charge in [-0.15, -0.1) is 0 Å². The topological polar surface area (TPSA) is 108 Å². The average Bonchev–Trinajstić information content (AvgIpc) is 2.54. The molecule has 0 aromatic heterocycles. The molecule has 0 aliphatic carbocycles. The minimum Gasteiger partial charge on any atom is -0.267 e. The van der Waals surface area contributed by atoms with E-state index in [9.17, 15) is 19.3 Å². The van der Waals surface area contributed by atoms with Crippen molar-refractivity contribution in [3.63, 3.8) is 0 Å². The Bertz CT molecular complexity index is 843. The predicted octanol–water partition coefficient (Wildman–Crippen LogP) is 2.37. The molecule has 0 saturated carbocycles. The molecule has 2 aromatic carbocycles. The lowest BCUT2D eigenvalue weighted by Gasteiger charge is -2.01. The molecule has 0 aliphatic heterocycles. The number of benzene rings is 2. The first-order valence-corrected chi connectivity index (χ1v) is 6.29. The largest absolute Gasteiger partial charge is 0.274 e. The van der Waals surface area contributed by atoms with Crippen molar-refractivity contribution in [3.8, 4) is 6.07 Å². The maximum atomic E-state index is 13.6. The monoisotopic (exact) mass is 312 g/mol. The van der Waals surface area contributed by atoms with E-state index in [-0.39, 0.29) is 16.8 Å². The number of non-ortho nitro benzene ring substituents is 1. The van der Waals surface area contributed by atoms with E-state index in [1.165, 1.54) is 36.5 Å². The normalized spacial score (nSPS) is 10.3. The van der Waals surface area contributed by atoms with E-state index < -0.39 is 16.6 Å². The van der Waals surface area contributed by atoms with E-state index in [4.69, 9.17) is 5.26 Å². The van der Waals surface area contributed by atoms with Crippen LogP contribution in [0.25, 0.3) is 0 Å². The van der Waals surface area contributed by atoms with Crippen LogP contribution < -0.4 is 5.43 Å². The zero-order valence-electron chi connectivity index (χ0n) is 11.6. The SMILES string of the molecule is N#Cc1ccc(C(=O)NN=Cc2cccc([N+](=O)[O-])c2)c(F)c1. The fourth-order valence-electron chi connectivity index (χ4n) is 1.71. The van der Waals surface area contributed by atoms with Crippen LogP contribution in [0.2, 0.25) is 0 Å². The van der Waals surface area contributed by atoms with Gasteiger partial charge in [0.15, 0.2) is 0 Å². The Labute approximate surface area is 129 Å². The second kappa shape index (κ2) is 6.91. The van der Waals surface area contributed by atoms with Crippen molar-refractivity contribution >= 4 is 17.8 Å². The Morgan fingerprint density at radius 1 is 1.35 bits per heavy atom. The number of rotatable bonds is 4. The van der Waals surface area contributed by atoms with Crippen LogP contribution in [0.15, 0.2) is 47.6 Å². The van der Waals surface area contributed by atoms with E-state index in [2.05, 4.69) is 10.5 Å². The lowest BCUT2D eigenvalue weighted by atomic mass is 10.1. The van der Waals surface area contributed by atoms with Crippen molar-refractivity contribution in [2.45, 2.75) is 0 Å². The number of nitro groups is 1. The number of amides is 1. The minimum atomic E-state index is -0.841. The molecule has 23 heavy (non-hydrogen) atoms. The highest BCUT2D eigenvalue weighted by molar-refractivity contribution is 5.95. The predicted molar refractivity (Wildman–Crippen MR) is 79.3 cm³/mol. The van der Waals surface area contributed by atoms with E-state index in [0.717, 1.165) is 6.07 Å². The quantitative estimate of drug-likeness (QED) is 0.531. The van der Waals surface area contributed by atoms with Crippen LogP contribution in [-0.4, -0.2) is 17.0 Å². The van der Waals surface area contributed by atoms with Gasteiger partial charge in [0.05, 0.1) is 28.3 Å². The number of nitrogens with one attached hydrogen (secondary N) is 1. The van der Waals surface area contributed by atoms with Gasteiger partial charge < -0.3 is 0 Å². The fraction of sp³-hybridized carbons (Fsp3) is 0. The molecular formula is C15H9FN4O3. The van der Waals surface area contributed by atoms with Gasteiger partial charge in [0, 0.05) is 17.7 Å². The summed E-state index contributed by atoms with van der Waals surface area (Å²) < 4.78 is 13.6. The van der Waals surface area contributed by atoms with Crippen LogP contribution in [0, 0.1) is 27.3 Å². The third-order valence-electron chi connectivity index (χ3n) is 2.80. The number of nitro benzene ring substituents is 1. The molecule has 1 N–H and O–H groups in total. The number of hydrogen-bond acceptors (Lipinski definition) is 5. The Morgan fingerprint density at radius 3 is 2.78 bits per heavy atom. The van der Waals surface area contributed by atoms with Crippen molar-refractivity contribution < 1.29 is 14.1 Å². The number of nitriles is 1. The van der Waals surface area contributed by atoms with Crippen LogP contribution in [0.4, 0.5) is 10.1 Å². The maximum absolute atomic E-state index is 13.6. The van der Waals surface area contributed by atoms with Crippen molar-refractivity contribution in [2.24, 2.45) is 5.10 Å². The molecule has 2 aromatic rings. The van der Waals surface area contributed by atoms with Gasteiger partial charge in [0.1, 0.15) is 5.82 Å². The molecular weight excluding hydrogens is 303 g/mol. The minimum absolute atomic E-state index is 0.0964. The summed E-state index contributed by atoms with van der Waals surface area (Å²) in [6, 6.07) is 10.8. The summed E-state index contributed by atoms with van der Waals surface area (Å²) in [6.07, 6.45) is 1.20. The highest BCUT2D eigenvalue weighted by Crippen LogP contribution is 2.12. The van der Waals surface area contributed by atoms with Gasteiger partial charge in [-0.05, 0) is 18.2 Å². The van der Waals surface area contributed by atoms with Gasteiger partial charge in [-0.2, -0.15) is 10.4 Å². The molecule has 0 aliphatic rings. The third-order valence-corrected chi connectivity index (χ3v) is 2.80. The molecule has 0 saturated heterocycles. The summed E-state index contributed by atoms with van der Waals surface area (Å²) in [5, 5.41) is 22.9. The molecule has 0 heterocycles. The highest BCUT2D eigenvalue weighted by Gasteiger charge is 2.11. The molecule has 0 atom stereocenters. The van der Waals surface area contributed by atoms with Gasteiger partial charge in [-0.3, -0.25) is 14.9 Å². The average molecular weight is 312 g/mol. The first-order chi connectivity index (χ1) is 11.0. The van der Waals surface area contributed by atoms with E-state index in [1.54, 1.807) is 12.1 Å². The van der Waals surface area contributed by atoms with E-state index in [1.807, 2.05) is 0 Å². The highest BCUT2D eigenvalue weighted by atomic mass is 19.1. The Kier molecular flexibility index (Phi) is 4.74. The maximum Gasteiger partial charge on any atom is 0.274 e. The van der Waals surface area contributed by atoms with Gasteiger partial charge in [-0.1, -0.05) is 12.1 Å². The molecule has 7 nitrogen and oxygen atoms in total. The van der Waals surface area contributed by atoms with Gasteiger partial charge in [0.2, 0.25) is 0 Å². The molecule has 1 amide bonds. The molecule has 0 unspecified atom stereocenters. The summed E-state index contributed by atoms with van der Waals surface area (Å²) >= 11 is 0. The van der Waals surface area contributed by atoms with Gasteiger partial charge in [0.25, 0.3) is 11.6 Å². The molecule has 0 bridgehead atoms. The summed E-state index contributed by atoms with van der Waals surface area (Å²) in [7, 11) is 0. The van der Waals surface area contributed by atoms with Crippen LogP contribution in [0.5, 0.6) is 0 Å². The smallest absolute Gasteiger partial charge is 0.267 e. The third kappa shape index (κ3) is 3.95. The molecule has 8 heteroatoms. The summed E-state index contributed by atoms with van der Waals surface area (Å²) in [5.41, 5.74) is 2.23. The second-order valence-electron chi connectivity index (χ2n) is 4.36. The molecule has 2 rings (SSSR count). The number of hydrogen-bond donors (Lipinski definition) is 1. The van der Waals surface area contributed by atoms with Crippen LogP contribution in [0.1, 0.15) is 21.5 Å². The fourth-order valence-corrected chi connectivity index (χ4v) is 1.71. The molecule has 0 spiro atoms. The van der Waals surface area contributed by atoms with E-state index in [0.29, 0.717) is 5.56 Å². The zero-order valence-corrected chi connectivity index (χ0v) is 11.6. The van der Waals surface area contributed by atoms with Crippen LogP contribution in [0.3, 0.4) is 0 Å². The Morgan fingerprint density at radius 2 is 2.13 bits per heavy atom. The molecule has 0 radical (unpaired) electrons. The van der Waals surface area contributed by atoms with Crippen molar-refractivity contribution in [1.82, 2.24) is 5.43 Å². The summed E-state index contributed by atoms with van der Waals surface area (Å²) in [4.78, 5) is 21.9. The zero-order chi connectivity index (χ0) is 16.8. The van der Waals surface area contributed by atoms with Crippen LogP contribution in [-0.2, 0) is 0 Å². The number of carbonyl (C=O) groups excluding carboxylic acids is 1. The lowest BCUT2D eigenvalue weighted by Crippen LogP contribution is -2.19. The molecule has 114 valence electrons. The van der Waals surface area contributed by atoms with Gasteiger partial charge in [-0.25, -0.2) is 9.82 Å². The Hall–Kier alpha value is -3.60. The summed E-state index contributed by atoms with van der Waals surface area (Å²) in [6.45, 7) is 0. The number of halogens is 1. The van der Waals surface area contributed by atoms with Gasteiger partial charge >= 0.3 is 0 Å². The van der Waals surface area contributed by atoms with Crippen molar-refractivity contribution in [2.75, 3.05) is 0 Å². The number of nitrogens with zero attached hydrogens (tertiary/aromatic N) is 3.